The predicted octanol–water partition coefficient (Wildman–Crippen LogP) is -1.78. The second-order valence-electron chi connectivity index (χ2n) is 5.89. The molecule has 0 aromatic heterocycles. The van der Waals surface area contributed by atoms with Crippen molar-refractivity contribution in [2.75, 3.05) is 7.11 Å². The van der Waals surface area contributed by atoms with Crippen LogP contribution < -0.4 is 68.0 Å². The van der Waals surface area contributed by atoms with Gasteiger partial charge >= 0.3 is 59.1 Å². The third kappa shape index (κ3) is 6.81. The number of ether oxygens (including phenoxy) is 1. The number of fused-ring (bicyclic) bond motifs is 1. The standard InChI is InChI=1S/C18H16N2O7S2.2Na.2H/c1-11-9-14(16(26-2)10-17(11)29(23,24)25)19-20-18-13-6-4-3-5-12(13)7-8-15(18)27-28(21)22;;;;/h3-10H,1-2H3,(H,21,22)(H,23,24,25);;;;/q;2*+1;2*-1/p-1. The molecule has 0 radical (unpaired) electrons. The zero-order valence-electron chi connectivity index (χ0n) is 19.2. The Balaban J connectivity index is 0. The summed E-state index contributed by atoms with van der Waals surface area (Å²) in [6.45, 7) is 1.48. The first-order valence-corrected chi connectivity index (χ1v) is 10.5. The molecule has 0 heterocycles. The molecule has 9 nitrogen and oxygen atoms in total. The van der Waals surface area contributed by atoms with Crippen molar-refractivity contribution in [1.82, 2.24) is 0 Å². The Bertz CT molecular complexity index is 1260. The van der Waals surface area contributed by atoms with Gasteiger partial charge in [0.25, 0.3) is 10.1 Å². The van der Waals surface area contributed by atoms with Crippen LogP contribution in [0, 0.1) is 6.92 Å². The van der Waals surface area contributed by atoms with Crippen molar-refractivity contribution in [1.29, 1.82) is 0 Å². The van der Waals surface area contributed by atoms with E-state index in [0.717, 1.165) is 11.5 Å². The molecular weight excluding hydrogens is 466 g/mol. The van der Waals surface area contributed by atoms with Crippen LogP contribution >= 0.6 is 0 Å². The van der Waals surface area contributed by atoms with Crippen LogP contribution in [0.15, 0.2) is 63.7 Å². The van der Waals surface area contributed by atoms with Crippen molar-refractivity contribution in [3.05, 3.63) is 54.1 Å². The molecule has 1 N–H and O–H groups in total. The number of azo groups is 1. The normalized spacial score (nSPS) is 12.1. The molecule has 0 amide bonds. The van der Waals surface area contributed by atoms with Crippen LogP contribution in [-0.2, 0) is 21.5 Å². The first kappa shape index (κ1) is 28.2. The van der Waals surface area contributed by atoms with Crippen molar-refractivity contribution in [3.63, 3.8) is 0 Å². The second kappa shape index (κ2) is 11.8. The summed E-state index contributed by atoms with van der Waals surface area (Å²) < 4.78 is 64.2. The molecule has 1 atom stereocenters. The van der Waals surface area contributed by atoms with E-state index in [4.69, 9.17) is 8.92 Å². The summed E-state index contributed by atoms with van der Waals surface area (Å²) in [6.07, 6.45) is 0. The average molecular weight is 483 g/mol. The minimum Gasteiger partial charge on any atom is -1.00 e. The van der Waals surface area contributed by atoms with Gasteiger partial charge in [0.15, 0.2) is 5.75 Å². The number of methoxy groups -OCH3 is 1. The van der Waals surface area contributed by atoms with E-state index in [1.807, 2.05) is 12.1 Å². The summed E-state index contributed by atoms with van der Waals surface area (Å²) in [5.74, 6) is 0.0353. The van der Waals surface area contributed by atoms with Gasteiger partial charge in [-0.25, -0.2) is 4.21 Å². The molecule has 1 unspecified atom stereocenters. The van der Waals surface area contributed by atoms with Crippen LogP contribution in [0.5, 0.6) is 11.5 Å². The molecule has 0 aliphatic rings. The van der Waals surface area contributed by atoms with Crippen molar-refractivity contribution < 1.29 is 92.6 Å². The van der Waals surface area contributed by atoms with Gasteiger partial charge in [-0.05, 0) is 30.0 Å². The van der Waals surface area contributed by atoms with Gasteiger partial charge in [0.1, 0.15) is 33.4 Å². The maximum Gasteiger partial charge on any atom is 1.00 e. The fourth-order valence-electron chi connectivity index (χ4n) is 2.76. The van der Waals surface area contributed by atoms with Crippen LogP contribution in [0.4, 0.5) is 11.4 Å². The summed E-state index contributed by atoms with van der Waals surface area (Å²) in [7, 11) is -3.13. The Morgan fingerprint density at radius 3 is 2.35 bits per heavy atom. The fraction of sp³-hybridized carbons (Fsp3) is 0.111. The van der Waals surface area contributed by atoms with Gasteiger partial charge in [-0.3, -0.25) is 4.55 Å². The molecule has 0 fully saturated rings. The molecule has 0 bridgehead atoms. The van der Waals surface area contributed by atoms with Crippen molar-refractivity contribution in [2.45, 2.75) is 11.8 Å². The maximum absolute atomic E-state index is 11.5. The summed E-state index contributed by atoms with van der Waals surface area (Å²) in [5, 5.41) is 9.61. The Kier molecular flexibility index (Phi) is 10.8. The molecule has 3 aromatic rings. The molecule has 31 heavy (non-hydrogen) atoms. The summed E-state index contributed by atoms with van der Waals surface area (Å²) in [4.78, 5) is -0.316. The van der Waals surface area contributed by atoms with Crippen LogP contribution in [0.3, 0.4) is 0 Å². The molecule has 0 saturated carbocycles. The second-order valence-corrected chi connectivity index (χ2v) is 7.85. The van der Waals surface area contributed by atoms with Gasteiger partial charge in [-0.2, -0.15) is 8.42 Å². The fourth-order valence-corrected chi connectivity index (χ4v) is 3.76. The Labute approximate surface area is 229 Å². The van der Waals surface area contributed by atoms with E-state index in [1.54, 1.807) is 18.2 Å². The first-order chi connectivity index (χ1) is 13.7. The Morgan fingerprint density at radius 1 is 1.06 bits per heavy atom. The number of hydrogen-bond acceptors (Lipinski definition) is 8. The van der Waals surface area contributed by atoms with E-state index in [-0.39, 0.29) is 95.3 Å². The first-order valence-electron chi connectivity index (χ1n) is 8.08. The van der Waals surface area contributed by atoms with Crippen LogP contribution in [0.1, 0.15) is 8.42 Å². The zero-order valence-corrected chi connectivity index (χ0v) is 22.9. The number of aryl methyl sites for hydroxylation is 1. The molecular formula is C18H17N2Na2O7S2-. The topological polar surface area (TPSA) is 138 Å². The molecule has 3 aromatic carbocycles. The van der Waals surface area contributed by atoms with Crippen molar-refractivity contribution >= 4 is 43.6 Å². The van der Waals surface area contributed by atoms with Crippen molar-refractivity contribution in [3.8, 4) is 11.5 Å². The van der Waals surface area contributed by atoms with Crippen LogP contribution in [0.2, 0.25) is 0 Å². The monoisotopic (exact) mass is 483 g/mol. The number of rotatable bonds is 6. The summed E-state index contributed by atoms with van der Waals surface area (Å²) in [6, 6.07) is 12.8. The van der Waals surface area contributed by atoms with Crippen molar-refractivity contribution in [2.24, 2.45) is 10.2 Å². The van der Waals surface area contributed by atoms with Gasteiger partial charge in [0.05, 0.1) is 7.11 Å². The Morgan fingerprint density at radius 2 is 1.74 bits per heavy atom. The smallest absolute Gasteiger partial charge is 1.00 e. The molecule has 156 valence electrons. The van der Waals surface area contributed by atoms with E-state index in [2.05, 4.69) is 10.2 Å². The minimum absolute atomic E-state index is 0. The molecule has 3 rings (SSSR count). The number of nitrogens with zero attached hydrogens (tertiary/aromatic N) is 2. The number of hydrogen-bond donors (Lipinski definition) is 1. The van der Waals surface area contributed by atoms with Gasteiger partial charge < -0.3 is 16.3 Å². The summed E-state index contributed by atoms with van der Waals surface area (Å²) >= 11 is -2.81. The molecule has 0 spiro atoms. The van der Waals surface area contributed by atoms with E-state index in [9.17, 15) is 21.7 Å². The zero-order chi connectivity index (χ0) is 21.2. The van der Waals surface area contributed by atoms with E-state index in [0.29, 0.717) is 5.39 Å². The van der Waals surface area contributed by atoms with Gasteiger partial charge in [-0.1, -0.05) is 30.3 Å². The van der Waals surface area contributed by atoms with Gasteiger partial charge in [-0.15, -0.1) is 10.2 Å². The van der Waals surface area contributed by atoms with Crippen LogP contribution in [0.25, 0.3) is 10.8 Å². The largest absolute Gasteiger partial charge is 1.00 e. The SMILES string of the molecule is COc1cc(S(=O)(=O)O)c(C)cc1N=Nc1c(OS(=O)[O-])ccc2ccccc12.[H-].[H-].[Na+].[Na+]. The summed E-state index contributed by atoms with van der Waals surface area (Å²) in [5.41, 5.74) is 0.586. The minimum atomic E-state index is -4.44. The molecule has 13 heteroatoms. The van der Waals surface area contributed by atoms with Gasteiger partial charge in [0, 0.05) is 11.5 Å². The number of benzene rings is 3. The Hall–Kier alpha value is -0.860. The average Bonchev–Trinajstić information content (AvgIpc) is 2.65. The molecule has 0 saturated heterocycles. The predicted molar refractivity (Wildman–Crippen MR) is 107 cm³/mol. The third-order valence-electron chi connectivity index (χ3n) is 4.03. The molecule has 0 aliphatic carbocycles. The van der Waals surface area contributed by atoms with E-state index < -0.39 is 21.5 Å². The van der Waals surface area contributed by atoms with E-state index in [1.165, 1.54) is 26.2 Å². The molecule has 0 aliphatic heterocycles. The maximum atomic E-state index is 11.5. The van der Waals surface area contributed by atoms with Crippen LogP contribution in [-0.4, -0.2) is 28.8 Å². The third-order valence-corrected chi connectivity index (χ3v) is 5.34. The van der Waals surface area contributed by atoms with E-state index >= 15 is 0 Å². The quantitative estimate of drug-likeness (QED) is 0.189. The van der Waals surface area contributed by atoms with Gasteiger partial charge in [0.2, 0.25) is 0 Å².